The van der Waals surface area contributed by atoms with E-state index in [9.17, 15) is 0 Å². The molecule has 0 radical (unpaired) electrons. The molecular formula is C34H20BrN3S. The van der Waals surface area contributed by atoms with Crippen molar-refractivity contribution in [2.75, 3.05) is 0 Å². The molecule has 184 valence electrons. The van der Waals surface area contributed by atoms with Crippen LogP contribution in [0.3, 0.4) is 0 Å². The van der Waals surface area contributed by atoms with E-state index >= 15 is 0 Å². The number of hydrogen-bond donors (Lipinski definition) is 1. The van der Waals surface area contributed by atoms with Gasteiger partial charge in [-0.3, -0.25) is 0 Å². The molecule has 39 heavy (non-hydrogen) atoms. The third-order valence-electron chi connectivity index (χ3n) is 7.97. The molecule has 3 nitrogen and oxygen atoms in total. The number of aromatic amines is 1. The minimum atomic E-state index is 1.09. The maximum absolute atomic E-state index is 3.72. The average Bonchev–Trinajstić information content (AvgIpc) is 3.71. The lowest BCUT2D eigenvalue weighted by atomic mass is 10.1. The highest BCUT2D eigenvalue weighted by molar-refractivity contribution is 9.10. The van der Waals surface area contributed by atoms with Crippen LogP contribution in [-0.4, -0.2) is 14.1 Å². The zero-order chi connectivity index (χ0) is 25.7. The van der Waals surface area contributed by atoms with Gasteiger partial charge in [0.1, 0.15) is 0 Å². The summed E-state index contributed by atoms with van der Waals surface area (Å²) in [5.41, 5.74) is 9.58. The van der Waals surface area contributed by atoms with Crippen LogP contribution in [0.5, 0.6) is 0 Å². The van der Waals surface area contributed by atoms with E-state index in [1.165, 1.54) is 70.4 Å². The first-order chi connectivity index (χ1) is 19.2. The van der Waals surface area contributed by atoms with Gasteiger partial charge in [-0.2, -0.15) is 0 Å². The normalized spacial score (nSPS) is 12.2. The maximum Gasteiger partial charge on any atom is 0.0599 e. The number of para-hydroxylation sites is 2. The average molecular weight is 583 g/mol. The van der Waals surface area contributed by atoms with Crippen LogP contribution in [0.4, 0.5) is 0 Å². The van der Waals surface area contributed by atoms with Crippen LogP contribution in [0, 0.1) is 0 Å². The van der Waals surface area contributed by atoms with E-state index in [2.05, 4.69) is 145 Å². The van der Waals surface area contributed by atoms with Crippen LogP contribution in [-0.2, 0) is 0 Å². The van der Waals surface area contributed by atoms with Crippen molar-refractivity contribution in [3.63, 3.8) is 0 Å². The van der Waals surface area contributed by atoms with Crippen molar-refractivity contribution >= 4 is 92.0 Å². The molecule has 4 heterocycles. The minimum Gasteiger partial charge on any atom is -0.354 e. The van der Waals surface area contributed by atoms with Crippen molar-refractivity contribution in [1.82, 2.24) is 14.1 Å². The Bertz CT molecular complexity index is 2400. The highest BCUT2D eigenvalue weighted by Gasteiger charge is 2.18. The maximum atomic E-state index is 3.72. The van der Waals surface area contributed by atoms with Crippen molar-refractivity contribution in [3.8, 4) is 11.4 Å². The number of nitrogens with one attached hydrogen (secondary N) is 1. The third kappa shape index (κ3) is 2.97. The summed E-state index contributed by atoms with van der Waals surface area (Å²) in [7, 11) is 0. The van der Waals surface area contributed by atoms with Gasteiger partial charge < -0.3 is 14.1 Å². The molecule has 0 fully saturated rings. The number of fused-ring (bicyclic) bond motifs is 9. The van der Waals surface area contributed by atoms with Gasteiger partial charge in [0.25, 0.3) is 0 Å². The standard InChI is InChI=1S/C34H20BrN3S/c35-20-10-12-31-24(16-20)26-18-29-27(34-28(36-29)14-15-39-34)19-33(26)38(31)22-11-13-32-25(17-22)23-8-4-5-9-30(23)37(32)21-6-2-1-3-7-21/h1-19,36H. The second-order valence-corrected chi connectivity index (χ2v) is 11.9. The molecule has 0 spiro atoms. The van der Waals surface area contributed by atoms with Crippen LogP contribution in [0.2, 0.25) is 0 Å². The predicted octanol–water partition coefficient (Wildman–Crippen LogP) is 10.3. The molecule has 0 saturated carbocycles. The summed E-state index contributed by atoms with van der Waals surface area (Å²) < 4.78 is 7.19. The summed E-state index contributed by atoms with van der Waals surface area (Å²) in [6, 6.07) is 39.7. The molecule has 0 unspecified atom stereocenters. The second kappa shape index (κ2) is 7.85. The summed E-state index contributed by atoms with van der Waals surface area (Å²) in [5, 5.41) is 8.44. The van der Waals surface area contributed by atoms with Gasteiger partial charge in [0.05, 0.1) is 32.3 Å². The van der Waals surface area contributed by atoms with E-state index in [-0.39, 0.29) is 0 Å². The third-order valence-corrected chi connectivity index (χ3v) is 9.42. The fourth-order valence-corrected chi connectivity index (χ4v) is 7.57. The molecule has 0 aliphatic rings. The SMILES string of the molecule is Brc1ccc2c(c1)c1cc3[nH]c4ccsc4c3cc1n2-c1ccc2c(c1)c1ccccc1n2-c1ccccc1. The quantitative estimate of drug-likeness (QED) is 0.210. The van der Waals surface area contributed by atoms with Crippen molar-refractivity contribution in [2.45, 2.75) is 0 Å². The lowest BCUT2D eigenvalue weighted by molar-refractivity contribution is 1.17. The van der Waals surface area contributed by atoms with Crippen LogP contribution in [0.15, 0.2) is 119 Å². The van der Waals surface area contributed by atoms with Crippen molar-refractivity contribution in [1.29, 1.82) is 0 Å². The first-order valence-electron chi connectivity index (χ1n) is 13.0. The molecule has 9 rings (SSSR count). The molecular weight excluding hydrogens is 562 g/mol. The highest BCUT2D eigenvalue weighted by Crippen LogP contribution is 2.40. The lowest BCUT2D eigenvalue weighted by Gasteiger charge is -2.10. The number of thiophene rings is 1. The van der Waals surface area contributed by atoms with Crippen LogP contribution < -0.4 is 0 Å². The van der Waals surface area contributed by atoms with E-state index in [0.29, 0.717) is 0 Å². The van der Waals surface area contributed by atoms with Gasteiger partial charge in [-0.25, -0.2) is 0 Å². The first kappa shape index (κ1) is 21.6. The Hall–Kier alpha value is -4.32. The van der Waals surface area contributed by atoms with Gasteiger partial charge in [0, 0.05) is 48.3 Å². The van der Waals surface area contributed by atoms with Crippen LogP contribution in [0.1, 0.15) is 0 Å². The second-order valence-electron chi connectivity index (χ2n) is 10.1. The molecule has 0 atom stereocenters. The monoisotopic (exact) mass is 581 g/mol. The Morgan fingerprint density at radius 2 is 1.23 bits per heavy atom. The number of hydrogen-bond acceptors (Lipinski definition) is 1. The molecule has 0 aliphatic carbocycles. The highest BCUT2D eigenvalue weighted by atomic mass is 79.9. The summed E-state index contributed by atoms with van der Waals surface area (Å²) in [5.74, 6) is 0. The number of aromatic nitrogens is 3. The van der Waals surface area contributed by atoms with Crippen molar-refractivity contribution < 1.29 is 0 Å². The summed E-state index contributed by atoms with van der Waals surface area (Å²) >= 11 is 5.52. The zero-order valence-electron chi connectivity index (χ0n) is 20.7. The van der Waals surface area contributed by atoms with E-state index < -0.39 is 0 Å². The molecule has 5 heteroatoms. The van der Waals surface area contributed by atoms with Gasteiger partial charge in [0.2, 0.25) is 0 Å². The van der Waals surface area contributed by atoms with Gasteiger partial charge >= 0.3 is 0 Å². The Kier molecular flexibility index (Phi) is 4.35. The summed E-state index contributed by atoms with van der Waals surface area (Å²) in [6.07, 6.45) is 0. The number of H-pyrrole nitrogens is 1. The Morgan fingerprint density at radius 3 is 2.13 bits per heavy atom. The largest absolute Gasteiger partial charge is 0.354 e. The van der Waals surface area contributed by atoms with E-state index in [1.54, 1.807) is 11.3 Å². The molecule has 0 aliphatic heterocycles. The zero-order valence-corrected chi connectivity index (χ0v) is 23.1. The van der Waals surface area contributed by atoms with E-state index in [1.807, 2.05) is 0 Å². The molecule has 5 aromatic carbocycles. The smallest absolute Gasteiger partial charge is 0.0599 e. The van der Waals surface area contributed by atoms with Crippen LogP contribution >= 0.6 is 27.3 Å². The van der Waals surface area contributed by atoms with Crippen LogP contribution in [0.25, 0.3) is 76.1 Å². The Labute approximate surface area is 235 Å². The van der Waals surface area contributed by atoms with Crippen molar-refractivity contribution in [3.05, 3.63) is 119 Å². The van der Waals surface area contributed by atoms with Gasteiger partial charge in [-0.15, -0.1) is 11.3 Å². The fraction of sp³-hybridized carbons (Fsp3) is 0. The lowest BCUT2D eigenvalue weighted by Crippen LogP contribution is -1.95. The van der Waals surface area contributed by atoms with E-state index in [0.717, 1.165) is 10.2 Å². The fourth-order valence-electron chi connectivity index (χ4n) is 6.32. The molecule has 0 bridgehead atoms. The summed E-state index contributed by atoms with van der Waals surface area (Å²) in [4.78, 5) is 3.63. The van der Waals surface area contributed by atoms with Gasteiger partial charge in [-0.05, 0) is 78.2 Å². The predicted molar refractivity (Wildman–Crippen MR) is 170 cm³/mol. The van der Waals surface area contributed by atoms with E-state index in [4.69, 9.17) is 0 Å². The van der Waals surface area contributed by atoms with Crippen molar-refractivity contribution in [2.24, 2.45) is 0 Å². The summed E-state index contributed by atoms with van der Waals surface area (Å²) in [6.45, 7) is 0. The Morgan fingerprint density at radius 1 is 0.513 bits per heavy atom. The van der Waals surface area contributed by atoms with Gasteiger partial charge in [-0.1, -0.05) is 52.3 Å². The molecule has 4 aromatic heterocycles. The number of halogens is 1. The molecule has 1 N–H and O–H groups in total. The number of benzene rings is 5. The number of nitrogens with zero attached hydrogens (tertiary/aromatic N) is 2. The van der Waals surface area contributed by atoms with Gasteiger partial charge in [0.15, 0.2) is 0 Å². The first-order valence-corrected chi connectivity index (χ1v) is 14.6. The Balaban J connectivity index is 1.40. The molecule has 0 amide bonds. The molecule has 9 aromatic rings. The molecule has 0 saturated heterocycles. The topological polar surface area (TPSA) is 25.6 Å². The number of rotatable bonds is 2. The minimum absolute atomic E-state index is 1.09.